The van der Waals surface area contributed by atoms with Gasteiger partial charge in [-0.3, -0.25) is 4.99 Å². The molecule has 0 amide bonds. The van der Waals surface area contributed by atoms with Crippen LogP contribution in [-0.4, -0.2) is 57.2 Å². The lowest BCUT2D eigenvalue weighted by molar-refractivity contribution is 0.214. The number of hydrogen-bond acceptors (Lipinski definition) is 3. The van der Waals surface area contributed by atoms with Crippen LogP contribution in [0.2, 0.25) is 0 Å². The minimum atomic E-state index is 0.236. The number of nitrogens with zero attached hydrogens (tertiary/aromatic N) is 3. The Morgan fingerprint density at radius 1 is 1.22 bits per heavy atom. The zero-order valence-electron chi connectivity index (χ0n) is 17.4. The van der Waals surface area contributed by atoms with Crippen LogP contribution in [0.4, 0.5) is 5.69 Å². The fourth-order valence-corrected chi connectivity index (χ4v) is 4.22. The van der Waals surface area contributed by atoms with Crippen molar-refractivity contribution in [2.24, 2.45) is 10.9 Å². The van der Waals surface area contributed by atoms with E-state index in [1.807, 2.05) is 0 Å². The molecule has 0 radical (unpaired) electrons. The predicted molar refractivity (Wildman–Crippen MR) is 116 cm³/mol. The molecule has 1 aromatic rings. The van der Waals surface area contributed by atoms with Gasteiger partial charge in [0.15, 0.2) is 5.96 Å². The van der Waals surface area contributed by atoms with Crippen LogP contribution in [0.25, 0.3) is 0 Å². The summed E-state index contributed by atoms with van der Waals surface area (Å²) in [5, 5.41) is 7.03. The van der Waals surface area contributed by atoms with Crippen LogP contribution in [0, 0.1) is 5.92 Å². The van der Waals surface area contributed by atoms with Crippen LogP contribution in [0.3, 0.4) is 0 Å². The SMILES string of the molecule is CCNC(=NCC1CCCN(C)C1)NC(C)c1cccc(N2CCCC2)c1. The van der Waals surface area contributed by atoms with E-state index in [2.05, 4.69) is 65.6 Å². The third kappa shape index (κ3) is 5.86. The van der Waals surface area contributed by atoms with Crippen molar-refractivity contribution in [3.63, 3.8) is 0 Å². The molecule has 3 rings (SSSR count). The molecule has 0 bridgehead atoms. The van der Waals surface area contributed by atoms with Crippen LogP contribution < -0.4 is 15.5 Å². The Kier molecular flexibility index (Phi) is 7.39. The molecule has 0 spiro atoms. The van der Waals surface area contributed by atoms with E-state index in [0.717, 1.165) is 25.6 Å². The number of benzene rings is 1. The average Bonchev–Trinajstić information content (AvgIpc) is 3.21. The van der Waals surface area contributed by atoms with E-state index in [9.17, 15) is 0 Å². The van der Waals surface area contributed by atoms with Gasteiger partial charge >= 0.3 is 0 Å². The van der Waals surface area contributed by atoms with Gasteiger partial charge in [-0.2, -0.15) is 0 Å². The standard InChI is InChI=1S/C22H37N5/c1-4-23-22(24-16-19-9-8-12-26(3)17-19)25-18(2)20-10-7-11-21(15-20)27-13-5-6-14-27/h7,10-11,15,18-19H,4-6,8-9,12-14,16-17H2,1-3H3,(H2,23,24,25). The molecule has 5 nitrogen and oxygen atoms in total. The van der Waals surface area contributed by atoms with Gasteiger partial charge in [-0.25, -0.2) is 0 Å². The summed E-state index contributed by atoms with van der Waals surface area (Å²) in [6, 6.07) is 9.21. The number of piperidine rings is 1. The van der Waals surface area contributed by atoms with Crippen LogP contribution in [0.15, 0.2) is 29.3 Å². The van der Waals surface area contributed by atoms with E-state index in [1.165, 1.54) is 56.6 Å². The van der Waals surface area contributed by atoms with Gasteiger partial charge in [-0.1, -0.05) is 12.1 Å². The van der Waals surface area contributed by atoms with Gasteiger partial charge in [0, 0.05) is 38.4 Å². The van der Waals surface area contributed by atoms with Gasteiger partial charge in [-0.15, -0.1) is 0 Å². The number of nitrogens with one attached hydrogen (secondary N) is 2. The van der Waals surface area contributed by atoms with Crippen molar-refractivity contribution in [1.82, 2.24) is 15.5 Å². The van der Waals surface area contributed by atoms with E-state index >= 15 is 0 Å². The third-order valence-electron chi connectivity index (χ3n) is 5.77. The molecule has 2 aliphatic heterocycles. The van der Waals surface area contributed by atoms with Crippen molar-refractivity contribution in [3.05, 3.63) is 29.8 Å². The van der Waals surface area contributed by atoms with E-state index in [0.29, 0.717) is 5.92 Å². The van der Waals surface area contributed by atoms with Gasteiger partial charge in [-0.05, 0) is 76.7 Å². The molecule has 0 aliphatic carbocycles. The summed E-state index contributed by atoms with van der Waals surface area (Å²) < 4.78 is 0. The summed E-state index contributed by atoms with van der Waals surface area (Å²) in [4.78, 5) is 9.82. The average molecular weight is 372 g/mol. The molecule has 5 heteroatoms. The van der Waals surface area contributed by atoms with Gasteiger partial charge in [0.1, 0.15) is 0 Å². The van der Waals surface area contributed by atoms with Crippen molar-refractivity contribution in [1.29, 1.82) is 0 Å². The molecule has 0 saturated carbocycles. The maximum Gasteiger partial charge on any atom is 0.191 e. The van der Waals surface area contributed by atoms with Crippen molar-refractivity contribution >= 4 is 11.6 Å². The zero-order chi connectivity index (χ0) is 19.1. The third-order valence-corrected chi connectivity index (χ3v) is 5.77. The molecule has 2 aliphatic rings. The van der Waals surface area contributed by atoms with Crippen LogP contribution in [0.5, 0.6) is 0 Å². The first-order chi connectivity index (χ1) is 13.2. The quantitative estimate of drug-likeness (QED) is 0.595. The highest BCUT2D eigenvalue weighted by Crippen LogP contribution is 2.24. The van der Waals surface area contributed by atoms with Gasteiger partial charge in [0.25, 0.3) is 0 Å². The van der Waals surface area contributed by atoms with Gasteiger partial charge < -0.3 is 20.4 Å². The molecule has 2 fully saturated rings. The summed E-state index contributed by atoms with van der Waals surface area (Å²) in [6.07, 6.45) is 5.21. The van der Waals surface area contributed by atoms with E-state index < -0.39 is 0 Å². The van der Waals surface area contributed by atoms with Crippen LogP contribution in [-0.2, 0) is 0 Å². The molecule has 2 atom stereocenters. The minimum absolute atomic E-state index is 0.236. The lowest BCUT2D eigenvalue weighted by Gasteiger charge is -2.29. The first-order valence-corrected chi connectivity index (χ1v) is 10.7. The molecule has 2 unspecified atom stereocenters. The van der Waals surface area contributed by atoms with Gasteiger partial charge in [0.2, 0.25) is 0 Å². The Hall–Kier alpha value is -1.75. The van der Waals surface area contributed by atoms with E-state index in [-0.39, 0.29) is 6.04 Å². The highest BCUT2D eigenvalue weighted by atomic mass is 15.2. The number of aliphatic imine (C=N–C) groups is 1. The maximum absolute atomic E-state index is 4.89. The molecular weight excluding hydrogens is 334 g/mol. The lowest BCUT2D eigenvalue weighted by Crippen LogP contribution is -2.40. The van der Waals surface area contributed by atoms with Crippen LogP contribution in [0.1, 0.15) is 51.1 Å². The highest BCUT2D eigenvalue weighted by Gasteiger charge is 2.18. The highest BCUT2D eigenvalue weighted by molar-refractivity contribution is 5.80. The van der Waals surface area contributed by atoms with Crippen molar-refractivity contribution in [2.45, 2.75) is 45.6 Å². The van der Waals surface area contributed by atoms with Crippen molar-refractivity contribution in [2.75, 3.05) is 51.2 Å². The largest absolute Gasteiger partial charge is 0.372 e. The second-order valence-electron chi connectivity index (χ2n) is 8.15. The maximum atomic E-state index is 4.89. The molecule has 150 valence electrons. The smallest absolute Gasteiger partial charge is 0.191 e. The first kappa shape index (κ1) is 20.0. The Morgan fingerprint density at radius 2 is 2.04 bits per heavy atom. The Bertz CT molecular complexity index is 608. The fraction of sp³-hybridized carbons (Fsp3) is 0.682. The first-order valence-electron chi connectivity index (χ1n) is 10.7. The Balaban J connectivity index is 1.61. The Morgan fingerprint density at radius 3 is 2.78 bits per heavy atom. The molecule has 2 saturated heterocycles. The summed E-state index contributed by atoms with van der Waals surface area (Å²) in [5.74, 6) is 1.61. The molecule has 27 heavy (non-hydrogen) atoms. The van der Waals surface area contributed by atoms with E-state index in [1.54, 1.807) is 0 Å². The van der Waals surface area contributed by atoms with Crippen LogP contribution >= 0.6 is 0 Å². The monoisotopic (exact) mass is 371 g/mol. The molecular formula is C22H37N5. The summed E-state index contributed by atoms with van der Waals surface area (Å²) >= 11 is 0. The van der Waals surface area contributed by atoms with Gasteiger partial charge in [0.05, 0.1) is 6.04 Å². The number of anilines is 1. The number of guanidine groups is 1. The normalized spacial score (nSPS) is 22.7. The molecule has 1 aromatic carbocycles. The summed E-state index contributed by atoms with van der Waals surface area (Å²) in [5.41, 5.74) is 2.67. The fourth-order valence-electron chi connectivity index (χ4n) is 4.22. The lowest BCUT2D eigenvalue weighted by atomic mass is 9.99. The zero-order valence-corrected chi connectivity index (χ0v) is 17.4. The molecule has 2 N–H and O–H groups in total. The topological polar surface area (TPSA) is 42.9 Å². The second-order valence-corrected chi connectivity index (χ2v) is 8.15. The van der Waals surface area contributed by atoms with Crippen molar-refractivity contribution in [3.8, 4) is 0 Å². The molecule has 2 heterocycles. The molecule has 0 aromatic heterocycles. The van der Waals surface area contributed by atoms with Crippen molar-refractivity contribution < 1.29 is 0 Å². The van der Waals surface area contributed by atoms with E-state index in [4.69, 9.17) is 4.99 Å². The number of likely N-dealkylation sites (tertiary alicyclic amines) is 1. The Labute approximate surface area is 165 Å². The second kappa shape index (κ2) is 9.98. The summed E-state index contributed by atoms with van der Waals surface area (Å²) in [7, 11) is 2.22. The number of rotatable bonds is 6. The number of hydrogen-bond donors (Lipinski definition) is 2. The predicted octanol–water partition coefficient (Wildman–Crippen LogP) is 3.24. The summed E-state index contributed by atoms with van der Waals surface area (Å²) in [6.45, 7) is 10.9. The minimum Gasteiger partial charge on any atom is -0.372 e.